The molecule has 3 rings (SSSR count). The number of methoxy groups -OCH3 is 1. The molecule has 0 saturated heterocycles. The van der Waals surface area contributed by atoms with Crippen molar-refractivity contribution in [3.05, 3.63) is 46.3 Å². The molecule has 4 nitrogen and oxygen atoms in total. The lowest BCUT2D eigenvalue weighted by Gasteiger charge is -2.27. The molecule has 5 heteroatoms. The van der Waals surface area contributed by atoms with E-state index in [1.54, 1.807) is 18.4 Å². The van der Waals surface area contributed by atoms with E-state index >= 15 is 0 Å². The zero-order valence-electron chi connectivity index (χ0n) is 21.8. The number of nitrogens with zero attached hydrogens (tertiary/aromatic N) is 3. The molecule has 2 heterocycles. The van der Waals surface area contributed by atoms with Crippen LogP contribution in [-0.4, -0.2) is 31.8 Å². The van der Waals surface area contributed by atoms with Crippen molar-refractivity contribution < 1.29 is 4.74 Å². The number of nitriles is 1. The van der Waals surface area contributed by atoms with E-state index < -0.39 is 0 Å². The second-order valence-corrected chi connectivity index (χ2v) is 9.51. The number of hydrogen-bond donors (Lipinski definition) is 0. The fourth-order valence-corrected chi connectivity index (χ4v) is 4.08. The maximum absolute atomic E-state index is 9.72. The van der Waals surface area contributed by atoms with Crippen molar-refractivity contribution in [2.24, 2.45) is 5.92 Å². The van der Waals surface area contributed by atoms with Gasteiger partial charge >= 0.3 is 0 Å². The largest absolute Gasteiger partial charge is 0.384 e. The highest BCUT2D eigenvalue weighted by molar-refractivity contribution is 7.08. The van der Waals surface area contributed by atoms with Gasteiger partial charge in [-0.1, -0.05) is 40.2 Å². The first-order valence-electron chi connectivity index (χ1n) is 12.3. The Morgan fingerprint density at radius 1 is 1.36 bits per heavy atom. The third kappa shape index (κ3) is 9.70. The summed E-state index contributed by atoms with van der Waals surface area (Å²) in [4.78, 5) is 7.34. The van der Waals surface area contributed by atoms with E-state index in [4.69, 9.17) is 9.72 Å². The average molecular weight is 470 g/mol. The van der Waals surface area contributed by atoms with E-state index in [-0.39, 0.29) is 0 Å². The molecule has 0 aliphatic heterocycles. The number of rotatable bonds is 10. The van der Waals surface area contributed by atoms with Gasteiger partial charge in [-0.3, -0.25) is 0 Å². The maximum Gasteiger partial charge on any atom is 0.146 e. The van der Waals surface area contributed by atoms with Crippen LogP contribution in [0.3, 0.4) is 0 Å². The van der Waals surface area contributed by atoms with Crippen molar-refractivity contribution >= 4 is 17.2 Å². The van der Waals surface area contributed by atoms with Crippen LogP contribution in [0.25, 0.3) is 11.1 Å². The van der Waals surface area contributed by atoms with Crippen LogP contribution >= 0.6 is 11.3 Å². The first kappa shape index (κ1) is 28.9. The summed E-state index contributed by atoms with van der Waals surface area (Å²) in [7, 11) is 1.70. The van der Waals surface area contributed by atoms with Crippen molar-refractivity contribution in [1.82, 2.24) is 4.98 Å². The van der Waals surface area contributed by atoms with Crippen molar-refractivity contribution in [1.29, 1.82) is 5.26 Å². The number of anilines is 1. The van der Waals surface area contributed by atoms with Crippen LogP contribution in [0.5, 0.6) is 0 Å². The van der Waals surface area contributed by atoms with Crippen LogP contribution < -0.4 is 4.90 Å². The smallest absolute Gasteiger partial charge is 0.146 e. The SMILES string of the molecule is C=C(C)CCOC.CC.CCCN(CC(C)C)c1nc(C2CC2)c(-c2ccsc2)cc1C#N. The average Bonchev–Trinajstić information content (AvgIpc) is 3.51. The first-order valence-corrected chi connectivity index (χ1v) is 13.2. The molecule has 1 fully saturated rings. The molecule has 0 bridgehead atoms. The molecule has 0 radical (unpaired) electrons. The minimum atomic E-state index is 0.547. The van der Waals surface area contributed by atoms with E-state index in [9.17, 15) is 5.26 Å². The first-order chi connectivity index (χ1) is 15.9. The van der Waals surface area contributed by atoms with Crippen LogP contribution in [0.1, 0.15) is 84.4 Å². The summed E-state index contributed by atoms with van der Waals surface area (Å²) < 4.78 is 4.79. The van der Waals surface area contributed by atoms with Gasteiger partial charge in [-0.15, -0.1) is 6.58 Å². The fraction of sp³-hybridized carbons (Fsp3) is 0.571. The fourth-order valence-electron chi connectivity index (χ4n) is 3.43. The number of hydrogen-bond acceptors (Lipinski definition) is 5. The predicted octanol–water partition coefficient (Wildman–Crippen LogP) is 8.06. The quantitative estimate of drug-likeness (QED) is 0.330. The molecular weight excluding hydrogens is 426 g/mol. The number of aromatic nitrogens is 1. The molecule has 1 aliphatic carbocycles. The lowest BCUT2D eigenvalue weighted by molar-refractivity contribution is 0.202. The van der Waals surface area contributed by atoms with Gasteiger partial charge < -0.3 is 9.64 Å². The Morgan fingerprint density at radius 2 is 2.06 bits per heavy atom. The minimum Gasteiger partial charge on any atom is -0.384 e. The molecule has 182 valence electrons. The molecule has 0 unspecified atom stereocenters. The Kier molecular flexibility index (Phi) is 13.7. The highest BCUT2D eigenvalue weighted by Crippen LogP contribution is 2.45. The molecule has 0 aromatic carbocycles. The normalized spacial score (nSPS) is 12.2. The lowest BCUT2D eigenvalue weighted by atomic mass is 10.0. The predicted molar refractivity (Wildman–Crippen MR) is 144 cm³/mol. The van der Waals surface area contributed by atoms with Gasteiger partial charge in [0.05, 0.1) is 11.3 Å². The van der Waals surface area contributed by atoms with Gasteiger partial charge in [-0.05, 0) is 67.0 Å². The van der Waals surface area contributed by atoms with E-state index in [1.807, 2.05) is 20.8 Å². The standard InChI is InChI=1S/C20H25N3S.C6H12O.C2H6/c1-4-8-23(12-14(2)3)20-17(11-21)10-18(16-7-9-24-13-16)19(22-20)15-5-6-15;1-6(2)4-5-7-3;1-2/h7,9-10,13-15H,4-6,8,12H2,1-3H3;1,4-5H2,2-3H3;1-2H3. The number of pyridine rings is 1. The Bertz CT molecular complexity index is 864. The monoisotopic (exact) mass is 469 g/mol. The summed E-state index contributed by atoms with van der Waals surface area (Å²) in [5, 5.41) is 14.0. The third-order valence-electron chi connectivity index (χ3n) is 5.06. The van der Waals surface area contributed by atoms with Crippen molar-refractivity contribution in [2.75, 3.05) is 31.7 Å². The van der Waals surface area contributed by atoms with Gasteiger partial charge in [0.25, 0.3) is 0 Å². The molecule has 0 amide bonds. The van der Waals surface area contributed by atoms with Crippen molar-refractivity contribution in [2.45, 2.75) is 73.1 Å². The second kappa shape index (κ2) is 15.6. The Balaban J connectivity index is 0.000000520. The topological polar surface area (TPSA) is 49.1 Å². The molecule has 0 atom stereocenters. The molecule has 2 aromatic rings. The van der Waals surface area contributed by atoms with Gasteiger partial charge in [-0.2, -0.15) is 16.6 Å². The molecular formula is C28H43N3OS. The zero-order valence-corrected chi connectivity index (χ0v) is 22.6. The molecule has 0 N–H and O–H groups in total. The van der Waals surface area contributed by atoms with Gasteiger partial charge in [0.15, 0.2) is 0 Å². The van der Waals surface area contributed by atoms with Crippen LogP contribution in [0, 0.1) is 17.2 Å². The van der Waals surface area contributed by atoms with Crippen molar-refractivity contribution in [3.63, 3.8) is 0 Å². The molecule has 33 heavy (non-hydrogen) atoms. The van der Waals surface area contributed by atoms with Gasteiger partial charge in [0.2, 0.25) is 0 Å². The third-order valence-corrected chi connectivity index (χ3v) is 5.74. The molecule has 1 aliphatic rings. The van der Waals surface area contributed by atoms with Crippen LogP contribution in [-0.2, 0) is 4.74 Å². The summed E-state index contributed by atoms with van der Waals surface area (Å²) in [6.45, 7) is 19.0. The highest BCUT2D eigenvalue weighted by atomic mass is 32.1. The zero-order chi connectivity index (χ0) is 24.8. The van der Waals surface area contributed by atoms with E-state index in [0.29, 0.717) is 17.4 Å². The maximum atomic E-state index is 9.72. The molecule has 0 spiro atoms. The van der Waals surface area contributed by atoms with Crippen LogP contribution in [0.2, 0.25) is 0 Å². The Hall–Kier alpha value is -2.16. The molecule has 1 saturated carbocycles. The summed E-state index contributed by atoms with van der Waals surface area (Å²) in [6, 6.07) is 6.60. The highest BCUT2D eigenvalue weighted by Gasteiger charge is 2.30. The van der Waals surface area contributed by atoms with E-state index in [0.717, 1.165) is 43.9 Å². The van der Waals surface area contributed by atoms with Crippen molar-refractivity contribution in [3.8, 4) is 17.2 Å². The number of thiophene rings is 1. The van der Waals surface area contributed by atoms with Crippen LogP contribution in [0.4, 0.5) is 5.82 Å². The van der Waals surface area contributed by atoms with E-state index in [1.165, 1.54) is 29.7 Å². The minimum absolute atomic E-state index is 0.547. The van der Waals surface area contributed by atoms with Gasteiger partial charge in [0, 0.05) is 38.3 Å². The molecule has 2 aromatic heterocycles. The number of ether oxygens (including phenoxy) is 1. The lowest BCUT2D eigenvalue weighted by Crippen LogP contribution is -2.30. The summed E-state index contributed by atoms with van der Waals surface area (Å²) >= 11 is 1.69. The summed E-state index contributed by atoms with van der Waals surface area (Å²) in [5.41, 5.74) is 5.42. The second-order valence-electron chi connectivity index (χ2n) is 8.73. The van der Waals surface area contributed by atoms with Gasteiger partial charge in [-0.25, -0.2) is 4.98 Å². The Morgan fingerprint density at radius 3 is 2.48 bits per heavy atom. The summed E-state index contributed by atoms with van der Waals surface area (Å²) in [5.74, 6) is 1.99. The Labute approximate surface area is 206 Å². The van der Waals surface area contributed by atoms with E-state index in [2.05, 4.69) is 61.2 Å². The summed E-state index contributed by atoms with van der Waals surface area (Å²) in [6.07, 6.45) is 4.47. The van der Waals surface area contributed by atoms with Crippen LogP contribution in [0.15, 0.2) is 35.0 Å². The van der Waals surface area contributed by atoms with Gasteiger partial charge in [0.1, 0.15) is 11.9 Å².